The molecule has 4 rings (SSSR count). The average Bonchev–Trinajstić information content (AvgIpc) is 3.38. The molecule has 0 unspecified atom stereocenters. The minimum absolute atomic E-state index is 0.0575. The topological polar surface area (TPSA) is 113 Å². The van der Waals surface area contributed by atoms with E-state index in [9.17, 15) is 14.4 Å². The number of amides is 1. The van der Waals surface area contributed by atoms with E-state index in [4.69, 9.17) is 27.9 Å². The highest BCUT2D eigenvalue weighted by atomic mass is 35.5. The van der Waals surface area contributed by atoms with Gasteiger partial charge < -0.3 is 10.1 Å². The van der Waals surface area contributed by atoms with E-state index in [1.807, 2.05) is 20.8 Å². The summed E-state index contributed by atoms with van der Waals surface area (Å²) < 4.78 is 9.44. The predicted octanol–water partition coefficient (Wildman–Crippen LogP) is 4.24. The molecule has 37 heavy (non-hydrogen) atoms. The van der Waals surface area contributed by atoms with Crippen LogP contribution in [0, 0.1) is 12.3 Å². The zero-order valence-corrected chi connectivity index (χ0v) is 23.5. The van der Waals surface area contributed by atoms with E-state index in [1.54, 1.807) is 31.5 Å². The predicted molar refractivity (Wildman–Crippen MR) is 146 cm³/mol. The molecule has 0 atom stereocenters. The van der Waals surface area contributed by atoms with Crippen LogP contribution in [0.1, 0.15) is 26.5 Å². The summed E-state index contributed by atoms with van der Waals surface area (Å²) in [5.41, 5.74) is 1.25. The van der Waals surface area contributed by atoms with Crippen LogP contribution in [0.2, 0.25) is 10.0 Å². The van der Waals surface area contributed by atoms with Gasteiger partial charge in [-0.25, -0.2) is 14.5 Å². The Balaban J connectivity index is 1.54. The summed E-state index contributed by atoms with van der Waals surface area (Å²) in [6.07, 6.45) is 0. The first-order chi connectivity index (χ1) is 17.3. The fourth-order valence-corrected chi connectivity index (χ4v) is 5.09. The number of hydrogen-bond acceptors (Lipinski definition) is 7. The molecule has 0 aliphatic rings. The number of ether oxygens (including phenoxy) is 1. The van der Waals surface area contributed by atoms with Gasteiger partial charge in [0.15, 0.2) is 16.4 Å². The largest absolute Gasteiger partial charge is 0.490 e. The molecule has 3 heterocycles. The summed E-state index contributed by atoms with van der Waals surface area (Å²) in [5.74, 6) is -0.0145. The maximum Gasteiger partial charge on any atom is 0.331 e. The van der Waals surface area contributed by atoms with Crippen LogP contribution >= 0.6 is 34.5 Å². The second kappa shape index (κ2) is 9.96. The molecule has 3 aromatic heterocycles. The third-order valence-electron chi connectivity index (χ3n) is 5.50. The molecule has 0 saturated carbocycles. The molecular formula is C24H26Cl2N6O4S. The first-order valence-corrected chi connectivity index (χ1v) is 12.9. The summed E-state index contributed by atoms with van der Waals surface area (Å²) in [5, 5.41) is 9.89. The maximum atomic E-state index is 12.8. The van der Waals surface area contributed by atoms with Gasteiger partial charge in [-0.15, -0.1) is 11.3 Å². The number of hydrogen-bond donors (Lipinski definition) is 1. The highest BCUT2D eigenvalue weighted by molar-refractivity contribution is 7.14. The highest BCUT2D eigenvalue weighted by Gasteiger charge is 2.20. The molecule has 0 bridgehead atoms. The number of aryl methyl sites for hydroxylation is 2. The van der Waals surface area contributed by atoms with Crippen molar-refractivity contribution < 1.29 is 9.53 Å². The number of halogens is 2. The average molecular weight is 565 g/mol. The Morgan fingerprint density at radius 3 is 2.38 bits per heavy atom. The normalized spacial score (nSPS) is 11.8. The highest BCUT2D eigenvalue weighted by Crippen LogP contribution is 2.39. The van der Waals surface area contributed by atoms with Gasteiger partial charge in [-0.05, 0) is 24.5 Å². The van der Waals surface area contributed by atoms with Crippen molar-refractivity contribution in [2.45, 2.75) is 34.2 Å². The van der Waals surface area contributed by atoms with Gasteiger partial charge in [-0.1, -0.05) is 44.0 Å². The first kappa shape index (κ1) is 26.9. The molecule has 1 amide bonds. The van der Waals surface area contributed by atoms with Crippen molar-refractivity contribution in [1.82, 2.24) is 23.9 Å². The van der Waals surface area contributed by atoms with Gasteiger partial charge in [-0.3, -0.25) is 18.7 Å². The molecule has 0 aliphatic heterocycles. The van der Waals surface area contributed by atoms with Crippen LogP contribution in [0.3, 0.4) is 0 Å². The number of rotatable bonds is 6. The van der Waals surface area contributed by atoms with Crippen LogP contribution in [0.25, 0.3) is 22.3 Å². The minimum Gasteiger partial charge on any atom is -0.490 e. The molecule has 0 saturated heterocycles. The van der Waals surface area contributed by atoms with E-state index in [1.165, 1.54) is 27.6 Å². The van der Waals surface area contributed by atoms with Gasteiger partial charge in [0.2, 0.25) is 5.91 Å². The van der Waals surface area contributed by atoms with Crippen molar-refractivity contribution in [1.29, 1.82) is 0 Å². The maximum absolute atomic E-state index is 12.8. The fourth-order valence-electron chi connectivity index (χ4n) is 3.76. The summed E-state index contributed by atoms with van der Waals surface area (Å²) >= 11 is 14.1. The smallest absolute Gasteiger partial charge is 0.331 e. The second-order valence-electron chi connectivity index (χ2n) is 9.85. The Kier molecular flexibility index (Phi) is 7.24. The zero-order valence-electron chi connectivity index (χ0n) is 21.2. The Labute approximate surface area is 226 Å². The number of benzene rings is 1. The van der Waals surface area contributed by atoms with Crippen LogP contribution in [0.4, 0.5) is 5.13 Å². The number of carbonyl (C=O) groups is 1. The van der Waals surface area contributed by atoms with Gasteiger partial charge in [0.1, 0.15) is 6.54 Å². The number of nitrogens with zero attached hydrogens (tertiary/aromatic N) is 5. The van der Waals surface area contributed by atoms with E-state index < -0.39 is 17.2 Å². The lowest BCUT2D eigenvalue weighted by Gasteiger charge is -2.20. The Bertz CT molecular complexity index is 1620. The second-order valence-corrected chi connectivity index (χ2v) is 11.5. The Hall–Kier alpha value is -3.15. The van der Waals surface area contributed by atoms with Crippen molar-refractivity contribution in [3.63, 3.8) is 0 Å². The molecule has 0 spiro atoms. The molecular weight excluding hydrogens is 539 g/mol. The van der Waals surface area contributed by atoms with Crippen LogP contribution in [-0.2, 0) is 25.4 Å². The molecule has 13 heteroatoms. The summed E-state index contributed by atoms with van der Waals surface area (Å²) in [6, 6.07) is 3.43. The van der Waals surface area contributed by atoms with Crippen LogP contribution in [0.15, 0.2) is 27.1 Å². The lowest BCUT2D eigenvalue weighted by atomic mass is 9.99. The lowest BCUT2D eigenvalue weighted by Crippen LogP contribution is -2.37. The number of fused-ring (bicyclic) bond motifs is 1. The number of anilines is 1. The van der Waals surface area contributed by atoms with Gasteiger partial charge in [-0.2, -0.15) is 5.10 Å². The number of carbonyl (C=O) groups excluding carboxylic acids is 1. The summed E-state index contributed by atoms with van der Waals surface area (Å²) in [6.45, 7) is 8.04. The minimum atomic E-state index is -0.522. The monoisotopic (exact) mass is 564 g/mol. The molecule has 1 aromatic carbocycles. The van der Waals surface area contributed by atoms with Crippen LogP contribution in [0.5, 0.6) is 5.75 Å². The fraction of sp³-hybridized carbons (Fsp3) is 0.375. The van der Waals surface area contributed by atoms with Crippen LogP contribution < -0.4 is 21.3 Å². The van der Waals surface area contributed by atoms with Gasteiger partial charge in [0, 0.05) is 25.0 Å². The SMILES string of the molecule is Cc1nn(CC(=O)Nc2nc(-c3cc(Cl)c(OCC(C)(C)C)c(Cl)c3)cs2)c2c(=O)n(C)c(=O)n(C)c12. The molecule has 0 radical (unpaired) electrons. The van der Waals surface area contributed by atoms with Gasteiger partial charge >= 0.3 is 5.69 Å². The van der Waals surface area contributed by atoms with Crippen LogP contribution in [-0.4, -0.2) is 36.4 Å². The van der Waals surface area contributed by atoms with Crippen molar-refractivity contribution in [2.75, 3.05) is 11.9 Å². The first-order valence-electron chi connectivity index (χ1n) is 11.3. The third-order valence-corrected chi connectivity index (χ3v) is 6.82. The molecule has 1 N–H and O–H groups in total. The van der Waals surface area contributed by atoms with E-state index in [2.05, 4.69) is 15.4 Å². The standard InChI is InChI=1S/C24H26Cl2N6O4S/c1-12-18-19(21(34)31(6)23(35)30(18)5)32(29-12)9-17(33)28-22-27-16(10-37-22)13-7-14(25)20(15(26)8-13)36-11-24(2,3)4/h7-8,10H,9,11H2,1-6H3,(H,27,28,33). The quantitative estimate of drug-likeness (QED) is 0.374. The Morgan fingerprint density at radius 1 is 1.11 bits per heavy atom. The van der Waals surface area contributed by atoms with Crippen molar-refractivity contribution >= 4 is 56.6 Å². The number of aromatic nitrogens is 5. The molecule has 10 nitrogen and oxygen atoms in total. The van der Waals surface area contributed by atoms with E-state index in [0.29, 0.717) is 50.0 Å². The lowest BCUT2D eigenvalue weighted by molar-refractivity contribution is -0.116. The molecule has 4 aromatic rings. The van der Waals surface area contributed by atoms with E-state index in [0.717, 1.165) is 4.57 Å². The van der Waals surface area contributed by atoms with E-state index >= 15 is 0 Å². The van der Waals surface area contributed by atoms with Gasteiger partial charge in [0.05, 0.1) is 33.6 Å². The Morgan fingerprint density at radius 2 is 1.76 bits per heavy atom. The molecule has 196 valence electrons. The van der Waals surface area contributed by atoms with Crippen molar-refractivity contribution in [3.05, 3.63) is 54.1 Å². The van der Waals surface area contributed by atoms with E-state index in [-0.39, 0.29) is 17.5 Å². The molecule has 0 fully saturated rings. The summed E-state index contributed by atoms with van der Waals surface area (Å²) in [4.78, 5) is 42.2. The number of nitrogens with one attached hydrogen (secondary N) is 1. The van der Waals surface area contributed by atoms with Crippen molar-refractivity contribution in [2.24, 2.45) is 19.5 Å². The van der Waals surface area contributed by atoms with Gasteiger partial charge in [0.25, 0.3) is 5.56 Å². The molecule has 0 aliphatic carbocycles. The number of thiazole rings is 1. The third kappa shape index (κ3) is 5.43. The van der Waals surface area contributed by atoms with Crippen molar-refractivity contribution in [3.8, 4) is 17.0 Å². The zero-order chi connectivity index (χ0) is 27.2. The summed E-state index contributed by atoms with van der Waals surface area (Å²) in [7, 11) is 2.94.